The normalized spacial score (nSPS) is 25.9. The lowest BCUT2D eigenvalue weighted by Gasteiger charge is -2.30. The minimum Gasteiger partial charge on any atom is -0.481 e. The van der Waals surface area contributed by atoms with Crippen LogP contribution in [0.15, 0.2) is 30.3 Å². The van der Waals surface area contributed by atoms with Gasteiger partial charge in [0, 0.05) is 0 Å². The van der Waals surface area contributed by atoms with Gasteiger partial charge in [0.15, 0.2) is 0 Å². The molecule has 3 nitrogen and oxygen atoms in total. The van der Waals surface area contributed by atoms with Crippen LogP contribution in [0.2, 0.25) is 0 Å². The molecule has 1 fully saturated rings. The van der Waals surface area contributed by atoms with Crippen molar-refractivity contribution in [1.82, 2.24) is 0 Å². The smallest absolute Gasteiger partial charge is 0.309 e. The van der Waals surface area contributed by atoms with E-state index in [9.17, 15) is 9.90 Å². The topological polar surface area (TPSA) is 57.5 Å². The first-order valence-electron chi connectivity index (χ1n) is 7.53. The van der Waals surface area contributed by atoms with Gasteiger partial charge in [-0.2, -0.15) is 0 Å². The number of rotatable bonds is 5. The first-order valence-corrected chi connectivity index (χ1v) is 7.53. The van der Waals surface area contributed by atoms with Crippen molar-refractivity contribution < 1.29 is 15.0 Å². The SMILES string of the molecule is C[C@@H](O)[C@@H](CC1CCC(c2ccccc2)CC1)C(=O)O. The Balaban J connectivity index is 1.87. The predicted octanol–water partition coefficient (Wildman–Crippen LogP) is 3.43. The average molecular weight is 276 g/mol. The Morgan fingerprint density at radius 3 is 2.30 bits per heavy atom. The Bertz CT molecular complexity index is 419. The van der Waals surface area contributed by atoms with E-state index in [1.165, 1.54) is 5.56 Å². The van der Waals surface area contributed by atoms with E-state index in [1.807, 2.05) is 6.07 Å². The van der Waals surface area contributed by atoms with Crippen LogP contribution >= 0.6 is 0 Å². The van der Waals surface area contributed by atoms with Crippen molar-refractivity contribution in [2.24, 2.45) is 11.8 Å². The maximum Gasteiger partial charge on any atom is 0.309 e. The highest BCUT2D eigenvalue weighted by atomic mass is 16.4. The minimum atomic E-state index is -0.870. The molecule has 0 bridgehead atoms. The maximum absolute atomic E-state index is 11.1. The van der Waals surface area contributed by atoms with Crippen LogP contribution in [0.3, 0.4) is 0 Å². The van der Waals surface area contributed by atoms with Crippen molar-refractivity contribution in [3.63, 3.8) is 0 Å². The standard InChI is InChI=1S/C17H24O3/c1-12(18)16(17(19)20)11-13-7-9-15(10-8-13)14-5-3-2-4-6-14/h2-6,12-13,15-16,18H,7-11H2,1H3,(H,19,20)/t12-,13?,15?,16-/m1/s1. The molecule has 20 heavy (non-hydrogen) atoms. The third kappa shape index (κ3) is 3.83. The van der Waals surface area contributed by atoms with E-state index in [0.29, 0.717) is 18.3 Å². The van der Waals surface area contributed by atoms with Crippen molar-refractivity contribution in [3.8, 4) is 0 Å². The van der Waals surface area contributed by atoms with E-state index in [0.717, 1.165) is 25.7 Å². The zero-order chi connectivity index (χ0) is 14.5. The number of aliphatic carboxylic acids is 1. The molecule has 3 heteroatoms. The minimum absolute atomic E-state index is 0.436. The fourth-order valence-corrected chi connectivity index (χ4v) is 3.32. The zero-order valence-corrected chi connectivity index (χ0v) is 12.0. The molecule has 0 aliphatic heterocycles. The van der Waals surface area contributed by atoms with Gasteiger partial charge in [0.1, 0.15) is 0 Å². The molecule has 1 aliphatic rings. The van der Waals surface area contributed by atoms with E-state index in [-0.39, 0.29) is 0 Å². The van der Waals surface area contributed by atoms with E-state index >= 15 is 0 Å². The lowest BCUT2D eigenvalue weighted by Crippen LogP contribution is -2.29. The second-order valence-corrected chi connectivity index (χ2v) is 6.05. The van der Waals surface area contributed by atoms with E-state index in [4.69, 9.17) is 5.11 Å². The molecule has 0 heterocycles. The summed E-state index contributed by atoms with van der Waals surface area (Å²) in [4.78, 5) is 11.1. The molecule has 0 saturated heterocycles. The zero-order valence-electron chi connectivity index (χ0n) is 12.0. The maximum atomic E-state index is 11.1. The summed E-state index contributed by atoms with van der Waals surface area (Å²) in [5.41, 5.74) is 1.40. The first-order chi connectivity index (χ1) is 9.58. The fourth-order valence-electron chi connectivity index (χ4n) is 3.32. The van der Waals surface area contributed by atoms with Gasteiger partial charge < -0.3 is 10.2 Å². The molecule has 2 rings (SSSR count). The van der Waals surface area contributed by atoms with Gasteiger partial charge >= 0.3 is 5.97 Å². The highest BCUT2D eigenvalue weighted by Gasteiger charge is 2.29. The molecule has 110 valence electrons. The average Bonchev–Trinajstić information content (AvgIpc) is 2.45. The number of hydrogen-bond donors (Lipinski definition) is 2. The van der Waals surface area contributed by atoms with Crippen molar-refractivity contribution in [2.45, 2.75) is 51.0 Å². The van der Waals surface area contributed by atoms with Crippen molar-refractivity contribution in [2.75, 3.05) is 0 Å². The number of aliphatic hydroxyl groups is 1. The highest BCUT2D eigenvalue weighted by Crippen LogP contribution is 2.38. The Morgan fingerprint density at radius 1 is 1.20 bits per heavy atom. The van der Waals surface area contributed by atoms with Crippen LogP contribution in [0.5, 0.6) is 0 Å². The summed E-state index contributed by atoms with van der Waals surface area (Å²) in [5.74, 6) is -0.439. The predicted molar refractivity (Wildman–Crippen MR) is 78.6 cm³/mol. The van der Waals surface area contributed by atoms with E-state index < -0.39 is 18.0 Å². The third-order valence-electron chi connectivity index (χ3n) is 4.60. The molecule has 0 aromatic heterocycles. The van der Waals surface area contributed by atoms with Gasteiger partial charge in [-0.25, -0.2) is 0 Å². The molecule has 0 unspecified atom stereocenters. The molecule has 0 amide bonds. The molecular weight excluding hydrogens is 252 g/mol. The molecule has 2 N–H and O–H groups in total. The molecule has 0 spiro atoms. The lowest BCUT2D eigenvalue weighted by molar-refractivity contribution is -0.146. The number of carboxylic acid groups (broad SMARTS) is 1. The van der Waals surface area contributed by atoms with Gasteiger partial charge in [-0.3, -0.25) is 4.79 Å². The van der Waals surface area contributed by atoms with Crippen LogP contribution in [-0.4, -0.2) is 22.3 Å². The Hall–Kier alpha value is -1.35. The number of carboxylic acids is 1. The van der Waals surface area contributed by atoms with Gasteiger partial charge in [-0.1, -0.05) is 30.3 Å². The van der Waals surface area contributed by atoms with Crippen LogP contribution < -0.4 is 0 Å². The summed E-state index contributed by atoms with van der Waals surface area (Å²) in [6.07, 6.45) is 4.22. The molecule has 1 aromatic carbocycles. The lowest BCUT2D eigenvalue weighted by atomic mass is 9.75. The van der Waals surface area contributed by atoms with Crippen LogP contribution in [0.1, 0.15) is 50.5 Å². The largest absolute Gasteiger partial charge is 0.481 e. The van der Waals surface area contributed by atoms with Crippen LogP contribution in [-0.2, 0) is 4.79 Å². The molecule has 0 radical (unpaired) electrons. The quantitative estimate of drug-likeness (QED) is 0.866. The molecule has 2 atom stereocenters. The van der Waals surface area contributed by atoms with Gasteiger partial charge in [-0.15, -0.1) is 0 Å². The third-order valence-corrected chi connectivity index (χ3v) is 4.60. The highest BCUT2D eigenvalue weighted by molar-refractivity contribution is 5.70. The van der Waals surface area contributed by atoms with Crippen LogP contribution in [0.4, 0.5) is 0 Å². The summed E-state index contributed by atoms with van der Waals surface area (Å²) in [6, 6.07) is 10.6. The summed E-state index contributed by atoms with van der Waals surface area (Å²) < 4.78 is 0. The van der Waals surface area contributed by atoms with E-state index in [1.54, 1.807) is 6.92 Å². The van der Waals surface area contributed by atoms with Crippen molar-refractivity contribution >= 4 is 5.97 Å². The molecule has 1 saturated carbocycles. The summed E-state index contributed by atoms with van der Waals surface area (Å²) >= 11 is 0. The molecule has 1 aromatic rings. The van der Waals surface area contributed by atoms with Gasteiger partial charge in [-0.05, 0) is 56.4 Å². The Kier molecular flexibility index (Phi) is 5.18. The summed E-state index contributed by atoms with van der Waals surface area (Å²) in [7, 11) is 0. The molecule has 1 aliphatic carbocycles. The van der Waals surface area contributed by atoms with Crippen LogP contribution in [0, 0.1) is 11.8 Å². The monoisotopic (exact) mass is 276 g/mol. The number of aliphatic hydroxyl groups excluding tert-OH is 1. The Labute approximate surface area is 120 Å². The Morgan fingerprint density at radius 2 is 1.80 bits per heavy atom. The van der Waals surface area contributed by atoms with Gasteiger partial charge in [0.05, 0.1) is 12.0 Å². The van der Waals surface area contributed by atoms with Crippen molar-refractivity contribution in [1.29, 1.82) is 0 Å². The summed E-state index contributed by atoms with van der Waals surface area (Å²) in [5, 5.41) is 18.7. The van der Waals surface area contributed by atoms with Crippen molar-refractivity contribution in [3.05, 3.63) is 35.9 Å². The van der Waals surface area contributed by atoms with E-state index in [2.05, 4.69) is 24.3 Å². The number of benzene rings is 1. The number of carbonyl (C=O) groups is 1. The van der Waals surface area contributed by atoms with Gasteiger partial charge in [0.25, 0.3) is 0 Å². The second-order valence-electron chi connectivity index (χ2n) is 6.05. The number of hydrogen-bond acceptors (Lipinski definition) is 2. The fraction of sp³-hybridized carbons (Fsp3) is 0.588. The van der Waals surface area contributed by atoms with Gasteiger partial charge in [0.2, 0.25) is 0 Å². The summed E-state index contributed by atoms with van der Waals surface area (Å²) in [6.45, 7) is 1.58. The molecular formula is C17H24O3. The second kappa shape index (κ2) is 6.89. The first kappa shape index (κ1) is 15.0. The van der Waals surface area contributed by atoms with Crippen LogP contribution in [0.25, 0.3) is 0 Å².